The van der Waals surface area contributed by atoms with Crippen LogP contribution >= 0.6 is 0 Å². The average Bonchev–Trinajstić information content (AvgIpc) is 2.41. The Morgan fingerprint density at radius 3 is 2.70 bits per heavy atom. The van der Waals surface area contributed by atoms with Crippen molar-refractivity contribution in [1.82, 2.24) is 10.6 Å². The van der Waals surface area contributed by atoms with E-state index >= 15 is 0 Å². The van der Waals surface area contributed by atoms with Crippen LogP contribution in [-0.4, -0.2) is 30.9 Å². The highest BCUT2D eigenvalue weighted by Crippen LogP contribution is 2.23. The van der Waals surface area contributed by atoms with Crippen molar-refractivity contribution >= 4 is 18.2 Å². The normalized spacial score (nSPS) is 11.3. The first-order valence-corrected chi connectivity index (χ1v) is 6.29. The number of aldehydes is 1. The quantitative estimate of drug-likeness (QED) is 0.798. The van der Waals surface area contributed by atoms with Crippen LogP contribution in [0.5, 0.6) is 5.75 Å². The van der Waals surface area contributed by atoms with Gasteiger partial charge >= 0.3 is 6.03 Å². The van der Waals surface area contributed by atoms with Gasteiger partial charge in [0.1, 0.15) is 5.75 Å². The molecule has 2 N–H and O–H groups in total. The molecule has 0 bridgehead atoms. The van der Waals surface area contributed by atoms with Crippen molar-refractivity contribution in [1.29, 1.82) is 0 Å². The summed E-state index contributed by atoms with van der Waals surface area (Å²) >= 11 is 0. The maximum atomic E-state index is 11.8. The second kappa shape index (κ2) is 7.28. The van der Waals surface area contributed by atoms with Crippen LogP contribution in [0.1, 0.15) is 29.8 Å². The van der Waals surface area contributed by atoms with Crippen LogP contribution in [-0.2, 0) is 4.79 Å². The summed E-state index contributed by atoms with van der Waals surface area (Å²) in [6.07, 6.45) is -0.228. The number of aryl methyl sites for hydroxylation is 1. The molecule has 0 aliphatic heterocycles. The molecule has 108 valence electrons. The molecule has 0 aliphatic rings. The van der Waals surface area contributed by atoms with Gasteiger partial charge in [0.15, 0.2) is 12.4 Å². The van der Waals surface area contributed by atoms with E-state index < -0.39 is 18.0 Å². The monoisotopic (exact) mass is 278 g/mol. The summed E-state index contributed by atoms with van der Waals surface area (Å²) < 4.78 is 5.48. The molecule has 0 aromatic heterocycles. The smallest absolute Gasteiger partial charge is 0.321 e. The van der Waals surface area contributed by atoms with Gasteiger partial charge in [-0.15, -0.1) is 0 Å². The van der Waals surface area contributed by atoms with E-state index in [1.165, 1.54) is 6.92 Å². The third-order valence-corrected chi connectivity index (χ3v) is 2.61. The molecule has 0 aliphatic carbocycles. The van der Waals surface area contributed by atoms with Gasteiger partial charge in [-0.05, 0) is 32.4 Å². The predicted molar refractivity (Wildman–Crippen MR) is 73.9 cm³/mol. The molecule has 1 aromatic carbocycles. The number of nitrogens with one attached hydrogen (secondary N) is 2. The molecule has 1 unspecified atom stereocenters. The van der Waals surface area contributed by atoms with Crippen molar-refractivity contribution in [3.05, 3.63) is 29.3 Å². The Morgan fingerprint density at radius 1 is 1.40 bits per heavy atom. The molecule has 6 nitrogen and oxygen atoms in total. The lowest BCUT2D eigenvalue weighted by molar-refractivity contribution is -0.126. The molecule has 3 amide bonds. The van der Waals surface area contributed by atoms with Crippen LogP contribution in [0.4, 0.5) is 4.79 Å². The molecule has 0 fully saturated rings. The number of ether oxygens (including phenoxy) is 1. The van der Waals surface area contributed by atoms with Gasteiger partial charge in [-0.1, -0.05) is 12.1 Å². The van der Waals surface area contributed by atoms with Crippen molar-refractivity contribution in [2.45, 2.75) is 26.9 Å². The van der Waals surface area contributed by atoms with Crippen molar-refractivity contribution in [2.75, 3.05) is 6.54 Å². The van der Waals surface area contributed by atoms with Crippen molar-refractivity contribution in [3.63, 3.8) is 0 Å². The Morgan fingerprint density at radius 2 is 2.10 bits per heavy atom. The third-order valence-electron chi connectivity index (χ3n) is 2.61. The molecule has 0 spiro atoms. The first-order valence-electron chi connectivity index (χ1n) is 6.29. The zero-order valence-electron chi connectivity index (χ0n) is 11.7. The number of carbonyl (C=O) groups excluding carboxylic acids is 3. The summed E-state index contributed by atoms with van der Waals surface area (Å²) in [7, 11) is 0. The molecule has 1 rings (SSSR count). The number of amides is 3. The number of hydrogen-bond acceptors (Lipinski definition) is 4. The van der Waals surface area contributed by atoms with Gasteiger partial charge in [-0.3, -0.25) is 14.9 Å². The summed E-state index contributed by atoms with van der Waals surface area (Å²) in [4.78, 5) is 34.0. The fourth-order valence-electron chi connectivity index (χ4n) is 1.58. The van der Waals surface area contributed by atoms with E-state index in [4.69, 9.17) is 4.74 Å². The zero-order valence-corrected chi connectivity index (χ0v) is 11.7. The van der Waals surface area contributed by atoms with Crippen LogP contribution in [0.2, 0.25) is 0 Å². The Hall–Kier alpha value is -2.37. The van der Waals surface area contributed by atoms with E-state index in [0.717, 1.165) is 5.56 Å². The van der Waals surface area contributed by atoms with Crippen molar-refractivity contribution in [2.24, 2.45) is 0 Å². The summed E-state index contributed by atoms with van der Waals surface area (Å²) in [5.74, 6) is -0.225. The highest BCUT2D eigenvalue weighted by molar-refractivity contribution is 5.96. The second-order valence-corrected chi connectivity index (χ2v) is 4.22. The highest BCUT2D eigenvalue weighted by Gasteiger charge is 2.19. The summed E-state index contributed by atoms with van der Waals surface area (Å²) in [5, 5.41) is 4.60. The summed E-state index contributed by atoms with van der Waals surface area (Å²) in [6, 6.07) is 4.53. The molecule has 0 radical (unpaired) electrons. The SMILES string of the molecule is CCNC(=O)NC(=O)C(C)Oc1c(C)cccc1C=O. The Balaban J connectivity index is 2.75. The van der Waals surface area contributed by atoms with Crippen LogP contribution < -0.4 is 15.4 Å². The minimum absolute atomic E-state index is 0.348. The fraction of sp³-hybridized carbons (Fsp3) is 0.357. The van der Waals surface area contributed by atoms with Crippen LogP contribution in [0.3, 0.4) is 0 Å². The first kappa shape index (κ1) is 15.7. The molecule has 1 atom stereocenters. The number of para-hydroxylation sites is 1. The average molecular weight is 278 g/mol. The summed E-state index contributed by atoms with van der Waals surface area (Å²) in [6.45, 7) is 5.45. The van der Waals surface area contributed by atoms with Gasteiger partial charge in [0.2, 0.25) is 0 Å². The highest BCUT2D eigenvalue weighted by atomic mass is 16.5. The number of benzene rings is 1. The lowest BCUT2D eigenvalue weighted by atomic mass is 10.1. The number of imide groups is 1. The van der Waals surface area contributed by atoms with Crippen LogP contribution in [0.15, 0.2) is 18.2 Å². The van der Waals surface area contributed by atoms with Gasteiger partial charge in [-0.25, -0.2) is 4.79 Å². The minimum atomic E-state index is -0.891. The fourth-order valence-corrected chi connectivity index (χ4v) is 1.58. The number of urea groups is 1. The van der Waals surface area contributed by atoms with E-state index in [-0.39, 0.29) is 0 Å². The third kappa shape index (κ3) is 4.08. The van der Waals surface area contributed by atoms with E-state index in [1.807, 2.05) is 0 Å². The van der Waals surface area contributed by atoms with Gasteiger partial charge < -0.3 is 10.1 Å². The molecule has 20 heavy (non-hydrogen) atoms. The predicted octanol–water partition coefficient (Wildman–Crippen LogP) is 1.42. The minimum Gasteiger partial charge on any atom is -0.480 e. The van der Waals surface area contributed by atoms with Gasteiger partial charge in [0.25, 0.3) is 5.91 Å². The first-order chi connectivity index (χ1) is 9.49. The van der Waals surface area contributed by atoms with E-state index in [0.29, 0.717) is 24.1 Å². The molecule has 0 saturated carbocycles. The molecule has 0 saturated heterocycles. The number of carbonyl (C=O) groups is 3. The molecular weight excluding hydrogens is 260 g/mol. The van der Waals surface area contributed by atoms with Crippen molar-refractivity contribution in [3.8, 4) is 5.75 Å². The lowest BCUT2D eigenvalue weighted by Crippen LogP contribution is -2.45. The van der Waals surface area contributed by atoms with Crippen molar-refractivity contribution < 1.29 is 19.1 Å². The van der Waals surface area contributed by atoms with Gasteiger partial charge in [0.05, 0.1) is 5.56 Å². The Labute approximate surface area is 117 Å². The van der Waals surface area contributed by atoms with Crippen LogP contribution in [0, 0.1) is 6.92 Å². The van der Waals surface area contributed by atoms with Gasteiger partial charge in [-0.2, -0.15) is 0 Å². The number of hydrogen-bond donors (Lipinski definition) is 2. The maximum Gasteiger partial charge on any atom is 0.321 e. The van der Waals surface area contributed by atoms with Crippen LogP contribution in [0.25, 0.3) is 0 Å². The standard InChI is InChI=1S/C14H18N2O4/c1-4-15-14(19)16-13(18)10(3)20-12-9(2)6-5-7-11(12)8-17/h5-8,10H,4H2,1-3H3,(H2,15,16,18,19). The topological polar surface area (TPSA) is 84.5 Å². The van der Waals surface area contributed by atoms with E-state index in [1.54, 1.807) is 32.0 Å². The molecule has 1 aromatic rings. The molecule has 0 heterocycles. The Kier molecular flexibility index (Phi) is 5.71. The summed E-state index contributed by atoms with van der Waals surface area (Å²) in [5.41, 5.74) is 1.11. The largest absolute Gasteiger partial charge is 0.480 e. The molecule has 6 heteroatoms. The zero-order chi connectivity index (χ0) is 15.1. The number of rotatable bonds is 5. The van der Waals surface area contributed by atoms with Gasteiger partial charge in [0, 0.05) is 6.54 Å². The van der Waals surface area contributed by atoms with E-state index in [2.05, 4.69) is 10.6 Å². The lowest BCUT2D eigenvalue weighted by Gasteiger charge is -2.17. The van der Waals surface area contributed by atoms with E-state index in [9.17, 15) is 14.4 Å². The maximum absolute atomic E-state index is 11.8. The second-order valence-electron chi connectivity index (χ2n) is 4.22. The molecular formula is C14H18N2O4. The Bertz CT molecular complexity index is 514.